The van der Waals surface area contributed by atoms with E-state index in [1.807, 2.05) is 13.8 Å². The molecule has 1 atom stereocenters. The molecule has 0 aliphatic rings. The Bertz CT molecular complexity index is 145. The number of hydrogen-bond donors (Lipinski definition) is 2. The van der Waals surface area contributed by atoms with Crippen molar-refractivity contribution in [3.05, 3.63) is 0 Å². The molecule has 3 heteroatoms. The Morgan fingerprint density at radius 3 is 2.27 bits per heavy atom. The van der Waals surface area contributed by atoms with Crippen LogP contribution < -0.4 is 0 Å². The second-order valence-electron chi connectivity index (χ2n) is 2.82. The first-order chi connectivity index (χ1) is 5.10. The molecule has 0 spiro atoms. The molecule has 0 saturated heterocycles. The fourth-order valence-electron chi connectivity index (χ4n) is 1.12. The SMILES string of the molecule is CCC[C@](O)(CC)/C(C)=N\O. The maximum Gasteiger partial charge on any atom is 0.105 e. The molecule has 0 aliphatic heterocycles. The molecular formula is C8H17NO2. The van der Waals surface area contributed by atoms with E-state index in [2.05, 4.69) is 5.16 Å². The lowest BCUT2D eigenvalue weighted by Crippen LogP contribution is -2.35. The van der Waals surface area contributed by atoms with Crippen LogP contribution in [0.5, 0.6) is 0 Å². The Morgan fingerprint density at radius 1 is 1.45 bits per heavy atom. The lowest BCUT2D eigenvalue weighted by Gasteiger charge is -2.24. The van der Waals surface area contributed by atoms with Gasteiger partial charge in [-0.15, -0.1) is 0 Å². The summed E-state index contributed by atoms with van der Waals surface area (Å²) in [7, 11) is 0. The van der Waals surface area contributed by atoms with Crippen molar-refractivity contribution in [3.8, 4) is 0 Å². The topological polar surface area (TPSA) is 52.8 Å². The van der Waals surface area contributed by atoms with Crippen LogP contribution in [0.15, 0.2) is 5.16 Å². The normalized spacial score (nSPS) is 18.0. The van der Waals surface area contributed by atoms with Crippen LogP contribution in [0.3, 0.4) is 0 Å². The molecule has 0 radical (unpaired) electrons. The van der Waals surface area contributed by atoms with E-state index in [0.717, 1.165) is 6.42 Å². The van der Waals surface area contributed by atoms with Gasteiger partial charge < -0.3 is 10.3 Å². The Kier molecular flexibility index (Phi) is 4.11. The van der Waals surface area contributed by atoms with Gasteiger partial charge in [-0.1, -0.05) is 25.4 Å². The summed E-state index contributed by atoms with van der Waals surface area (Å²) in [5, 5.41) is 21.3. The van der Waals surface area contributed by atoms with Crippen molar-refractivity contribution in [2.75, 3.05) is 0 Å². The first kappa shape index (κ1) is 10.4. The highest BCUT2D eigenvalue weighted by Crippen LogP contribution is 2.18. The summed E-state index contributed by atoms with van der Waals surface area (Å²) in [4.78, 5) is 0. The van der Waals surface area contributed by atoms with Crippen LogP contribution in [-0.4, -0.2) is 21.6 Å². The van der Waals surface area contributed by atoms with Crippen LogP contribution in [0.1, 0.15) is 40.0 Å². The molecule has 0 fully saturated rings. The number of rotatable bonds is 4. The summed E-state index contributed by atoms with van der Waals surface area (Å²) in [6, 6.07) is 0. The molecule has 0 bridgehead atoms. The van der Waals surface area contributed by atoms with Gasteiger partial charge in [-0.2, -0.15) is 0 Å². The van der Waals surface area contributed by atoms with Gasteiger partial charge in [-0.05, 0) is 19.8 Å². The van der Waals surface area contributed by atoms with Gasteiger partial charge in [0.15, 0.2) is 0 Å². The molecule has 0 aliphatic carbocycles. The molecule has 0 rings (SSSR count). The molecule has 2 N–H and O–H groups in total. The quantitative estimate of drug-likeness (QED) is 0.373. The third kappa shape index (κ3) is 2.50. The Morgan fingerprint density at radius 2 is 2.00 bits per heavy atom. The minimum Gasteiger partial charge on any atom is -0.411 e. The van der Waals surface area contributed by atoms with E-state index < -0.39 is 5.60 Å². The highest BCUT2D eigenvalue weighted by molar-refractivity contribution is 5.89. The van der Waals surface area contributed by atoms with Crippen LogP contribution >= 0.6 is 0 Å². The lowest BCUT2D eigenvalue weighted by molar-refractivity contribution is 0.0923. The Hall–Kier alpha value is -0.570. The van der Waals surface area contributed by atoms with Crippen LogP contribution in [0.4, 0.5) is 0 Å². The minimum absolute atomic E-state index is 0.404. The lowest BCUT2D eigenvalue weighted by atomic mass is 9.90. The van der Waals surface area contributed by atoms with E-state index in [-0.39, 0.29) is 0 Å². The smallest absolute Gasteiger partial charge is 0.105 e. The fraction of sp³-hybridized carbons (Fsp3) is 0.875. The van der Waals surface area contributed by atoms with Gasteiger partial charge in [0.1, 0.15) is 5.60 Å². The molecule has 0 aromatic carbocycles. The Labute approximate surface area is 67.7 Å². The molecule has 0 unspecified atom stereocenters. The van der Waals surface area contributed by atoms with Gasteiger partial charge in [-0.25, -0.2) is 0 Å². The van der Waals surface area contributed by atoms with Gasteiger partial charge >= 0.3 is 0 Å². The molecular weight excluding hydrogens is 142 g/mol. The predicted octanol–water partition coefficient (Wildman–Crippen LogP) is 1.78. The summed E-state index contributed by atoms with van der Waals surface area (Å²) >= 11 is 0. The number of hydrogen-bond acceptors (Lipinski definition) is 3. The molecule has 0 saturated carbocycles. The van der Waals surface area contributed by atoms with Crippen molar-refractivity contribution in [2.24, 2.45) is 5.16 Å². The van der Waals surface area contributed by atoms with E-state index in [1.165, 1.54) is 0 Å². The highest BCUT2D eigenvalue weighted by Gasteiger charge is 2.27. The van der Waals surface area contributed by atoms with Crippen molar-refractivity contribution in [2.45, 2.75) is 45.6 Å². The second kappa shape index (κ2) is 4.34. The summed E-state index contributed by atoms with van der Waals surface area (Å²) in [5.74, 6) is 0. The predicted molar refractivity (Wildman–Crippen MR) is 45.0 cm³/mol. The average molecular weight is 159 g/mol. The zero-order valence-electron chi connectivity index (χ0n) is 7.46. The molecule has 0 heterocycles. The van der Waals surface area contributed by atoms with Crippen LogP contribution in [0.25, 0.3) is 0 Å². The van der Waals surface area contributed by atoms with Gasteiger partial charge in [0, 0.05) is 0 Å². The van der Waals surface area contributed by atoms with E-state index >= 15 is 0 Å². The standard InChI is InChI=1S/C8H17NO2/c1-4-6-8(10,5-2)7(3)9-11/h10-11H,4-6H2,1-3H3/b9-7-/t8-/m1/s1. The minimum atomic E-state index is -0.899. The van der Waals surface area contributed by atoms with E-state index in [1.54, 1.807) is 6.92 Å². The number of nitrogens with zero attached hydrogens (tertiary/aromatic N) is 1. The van der Waals surface area contributed by atoms with Gasteiger partial charge in [0.2, 0.25) is 0 Å². The summed E-state index contributed by atoms with van der Waals surface area (Å²) in [6.45, 7) is 5.51. The number of aliphatic hydroxyl groups is 1. The first-order valence-corrected chi connectivity index (χ1v) is 4.02. The summed E-state index contributed by atoms with van der Waals surface area (Å²) < 4.78 is 0. The van der Waals surface area contributed by atoms with E-state index in [0.29, 0.717) is 18.6 Å². The summed E-state index contributed by atoms with van der Waals surface area (Å²) in [6.07, 6.45) is 2.13. The van der Waals surface area contributed by atoms with Crippen molar-refractivity contribution < 1.29 is 10.3 Å². The Balaban J connectivity index is 4.32. The largest absolute Gasteiger partial charge is 0.411 e. The molecule has 0 aromatic heterocycles. The third-order valence-electron chi connectivity index (χ3n) is 2.07. The van der Waals surface area contributed by atoms with Crippen molar-refractivity contribution in [1.82, 2.24) is 0 Å². The molecule has 0 amide bonds. The van der Waals surface area contributed by atoms with Gasteiger partial charge in [0.25, 0.3) is 0 Å². The van der Waals surface area contributed by atoms with Crippen molar-refractivity contribution >= 4 is 5.71 Å². The monoisotopic (exact) mass is 159 g/mol. The van der Waals surface area contributed by atoms with E-state index in [4.69, 9.17) is 5.21 Å². The molecule has 11 heavy (non-hydrogen) atoms. The number of oxime groups is 1. The first-order valence-electron chi connectivity index (χ1n) is 4.02. The third-order valence-corrected chi connectivity index (χ3v) is 2.07. The van der Waals surface area contributed by atoms with E-state index in [9.17, 15) is 5.11 Å². The average Bonchev–Trinajstić information content (AvgIpc) is 2.03. The van der Waals surface area contributed by atoms with Gasteiger partial charge in [0.05, 0.1) is 5.71 Å². The maximum atomic E-state index is 9.80. The van der Waals surface area contributed by atoms with Crippen LogP contribution in [0, 0.1) is 0 Å². The molecule has 3 nitrogen and oxygen atoms in total. The molecule has 0 aromatic rings. The van der Waals surface area contributed by atoms with Crippen molar-refractivity contribution in [1.29, 1.82) is 0 Å². The highest BCUT2D eigenvalue weighted by atomic mass is 16.4. The van der Waals surface area contributed by atoms with Crippen LogP contribution in [0.2, 0.25) is 0 Å². The fourth-order valence-corrected chi connectivity index (χ4v) is 1.12. The van der Waals surface area contributed by atoms with Gasteiger partial charge in [-0.3, -0.25) is 0 Å². The zero-order valence-corrected chi connectivity index (χ0v) is 7.46. The second-order valence-corrected chi connectivity index (χ2v) is 2.82. The maximum absolute atomic E-state index is 9.80. The van der Waals surface area contributed by atoms with Crippen molar-refractivity contribution in [3.63, 3.8) is 0 Å². The van der Waals surface area contributed by atoms with Crippen LogP contribution in [-0.2, 0) is 0 Å². The summed E-state index contributed by atoms with van der Waals surface area (Å²) in [5.41, 5.74) is -0.495. The zero-order chi connectivity index (χ0) is 8.91. The molecule has 66 valence electrons.